The molecule has 1 atom stereocenters. The van der Waals surface area contributed by atoms with Gasteiger partial charge in [0.1, 0.15) is 0 Å². The van der Waals surface area contributed by atoms with Crippen LogP contribution in [-0.4, -0.2) is 91.4 Å². The SMILES string of the molecule is CCNC(=NCC(O)c1ccncc1)N1CCN(S(=O)(=O)CCOC(C)C)CC1.I. The van der Waals surface area contributed by atoms with Crippen LogP contribution < -0.4 is 5.32 Å². The molecule has 1 saturated heterocycles. The molecule has 2 rings (SSSR count). The molecule has 1 aliphatic rings. The summed E-state index contributed by atoms with van der Waals surface area (Å²) in [5.41, 5.74) is 0.763. The number of aliphatic hydroxyl groups is 1. The molecule has 0 aromatic carbocycles. The summed E-state index contributed by atoms with van der Waals surface area (Å²) in [6, 6.07) is 3.53. The van der Waals surface area contributed by atoms with Gasteiger partial charge in [-0.3, -0.25) is 9.98 Å². The lowest BCUT2D eigenvalue weighted by Crippen LogP contribution is -2.54. The van der Waals surface area contributed by atoms with Crippen molar-refractivity contribution >= 4 is 40.0 Å². The van der Waals surface area contributed by atoms with Crippen LogP contribution in [0.25, 0.3) is 0 Å². The standard InChI is InChI=1S/C19H33N5O4S.HI/c1-4-21-19(22-15-18(25)17-5-7-20-8-6-17)23-9-11-24(12-10-23)29(26,27)14-13-28-16(2)3;/h5-8,16,18,25H,4,9-15H2,1-3H3,(H,21,22);1H. The smallest absolute Gasteiger partial charge is 0.216 e. The predicted molar refractivity (Wildman–Crippen MR) is 129 cm³/mol. The van der Waals surface area contributed by atoms with Gasteiger partial charge < -0.3 is 20.1 Å². The van der Waals surface area contributed by atoms with Crippen LogP contribution in [0.4, 0.5) is 0 Å². The number of hydrogen-bond acceptors (Lipinski definition) is 6. The van der Waals surface area contributed by atoms with E-state index in [1.165, 1.54) is 4.31 Å². The van der Waals surface area contributed by atoms with Gasteiger partial charge in [0.2, 0.25) is 10.0 Å². The Morgan fingerprint density at radius 1 is 1.27 bits per heavy atom. The fourth-order valence-electron chi connectivity index (χ4n) is 2.99. The summed E-state index contributed by atoms with van der Waals surface area (Å²) in [5, 5.41) is 13.5. The molecule has 1 fully saturated rings. The number of ether oxygens (including phenoxy) is 1. The van der Waals surface area contributed by atoms with E-state index < -0.39 is 16.1 Å². The van der Waals surface area contributed by atoms with E-state index >= 15 is 0 Å². The van der Waals surface area contributed by atoms with Gasteiger partial charge in [0.15, 0.2) is 5.96 Å². The molecule has 1 unspecified atom stereocenters. The van der Waals surface area contributed by atoms with Gasteiger partial charge in [-0.2, -0.15) is 4.31 Å². The normalized spacial score (nSPS) is 17.0. The maximum Gasteiger partial charge on any atom is 0.216 e. The molecule has 0 bridgehead atoms. The fourth-order valence-corrected chi connectivity index (χ4v) is 4.27. The van der Waals surface area contributed by atoms with Gasteiger partial charge in [-0.25, -0.2) is 8.42 Å². The molecule has 1 aromatic rings. The third-order valence-electron chi connectivity index (χ3n) is 4.56. The molecular weight excluding hydrogens is 521 g/mol. The maximum atomic E-state index is 12.5. The van der Waals surface area contributed by atoms with Crippen molar-refractivity contribution in [3.8, 4) is 0 Å². The van der Waals surface area contributed by atoms with Crippen LogP contribution >= 0.6 is 24.0 Å². The van der Waals surface area contributed by atoms with E-state index in [1.54, 1.807) is 24.5 Å². The van der Waals surface area contributed by atoms with Crippen LogP contribution in [0, 0.1) is 0 Å². The van der Waals surface area contributed by atoms with E-state index in [1.807, 2.05) is 25.7 Å². The first-order valence-corrected chi connectivity index (χ1v) is 11.6. The van der Waals surface area contributed by atoms with E-state index in [2.05, 4.69) is 15.3 Å². The Labute approximate surface area is 197 Å². The summed E-state index contributed by atoms with van der Waals surface area (Å²) in [4.78, 5) is 10.5. The summed E-state index contributed by atoms with van der Waals surface area (Å²) in [5.74, 6) is 0.679. The summed E-state index contributed by atoms with van der Waals surface area (Å²) >= 11 is 0. The molecule has 0 aliphatic carbocycles. The molecule has 0 radical (unpaired) electrons. The maximum absolute atomic E-state index is 12.5. The Morgan fingerprint density at radius 3 is 2.47 bits per heavy atom. The summed E-state index contributed by atoms with van der Waals surface area (Å²) < 4.78 is 31.9. The first-order chi connectivity index (χ1) is 13.8. The van der Waals surface area contributed by atoms with E-state index in [0.717, 1.165) is 5.56 Å². The lowest BCUT2D eigenvalue weighted by atomic mass is 10.1. The number of piperazine rings is 1. The Balaban J connectivity index is 0.00000450. The van der Waals surface area contributed by atoms with Gasteiger partial charge >= 0.3 is 0 Å². The molecule has 1 aromatic heterocycles. The van der Waals surface area contributed by atoms with Crippen molar-refractivity contribution in [1.29, 1.82) is 0 Å². The van der Waals surface area contributed by atoms with Gasteiger partial charge in [0, 0.05) is 45.1 Å². The van der Waals surface area contributed by atoms with E-state index in [-0.39, 0.29) is 49.0 Å². The van der Waals surface area contributed by atoms with Crippen LogP contribution in [0.3, 0.4) is 0 Å². The van der Waals surface area contributed by atoms with Gasteiger partial charge in [0.25, 0.3) is 0 Å². The summed E-state index contributed by atoms with van der Waals surface area (Å²) in [7, 11) is -3.33. The number of hydrogen-bond donors (Lipinski definition) is 2. The molecule has 9 nitrogen and oxygen atoms in total. The largest absolute Gasteiger partial charge is 0.386 e. The van der Waals surface area contributed by atoms with Crippen LogP contribution in [-0.2, 0) is 14.8 Å². The zero-order chi connectivity index (χ0) is 21.3. The highest BCUT2D eigenvalue weighted by atomic mass is 127. The van der Waals surface area contributed by atoms with E-state index in [4.69, 9.17) is 4.74 Å². The third kappa shape index (κ3) is 8.61. The minimum atomic E-state index is -3.33. The van der Waals surface area contributed by atoms with Gasteiger partial charge in [-0.15, -0.1) is 24.0 Å². The molecule has 0 amide bonds. The second-order valence-electron chi connectivity index (χ2n) is 7.11. The number of guanidine groups is 1. The van der Waals surface area contributed by atoms with Crippen molar-refractivity contribution in [3.63, 3.8) is 0 Å². The monoisotopic (exact) mass is 555 g/mol. The lowest BCUT2D eigenvalue weighted by Gasteiger charge is -2.36. The van der Waals surface area contributed by atoms with Crippen LogP contribution in [0.15, 0.2) is 29.5 Å². The highest BCUT2D eigenvalue weighted by Crippen LogP contribution is 2.13. The quantitative estimate of drug-likeness (QED) is 0.267. The predicted octanol–water partition coefficient (Wildman–Crippen LogP) is 1.07. The number of halogens is 1. The highest BCUT2D eigenvalue weighted by Gasteiger charge is 2.28. The summed E-state index contributed by atoms with van der Waals surface area (Å²) in [6.45, 7) is 8.76. The van der Waals surface area contributed by atoms with Crippen molar-refractivity contribution < 1.29 is 18.3 Å². The summed E-state index contributed by atoms with van der Waals surface area (Å²) in [6.07, 6.45) is 2.58. The van der Waals surface area contributed by atoms with Crippen molar-refractivity contribution in [3.05, 3.63) is 30.1 Å². The molecule has 1 aliphatic heterocycles. The molecule has 30 heavy (non-hydrogen) atoms. The minimum Gasteiger partial charge on any atom is -0.386 e. The number of aromatic nitrogens is 1. The first kappa shape index (κ1) is 27.0. The Hall–Kier alpha value is -1.02. The van der Waals surface area contributed by atoms with E-state index in [9.17, 15) is 13.5 Å². The Morgan fingerprint density at radius 2 is 1.90 bits per heavy atom. The van der Waals surface area contributed by atoms with Gasteiger partial charge in [-0.1, -0.05) is 0 Å². The second-order valence-corrected chi connectivity index (χ2v) is 9.20. The number of sulfonamides is 1. The van der Waals surface area contributed by atoms with Crippen LogP contribution in [0.2, 0.25) is 0 Å². The second kappa shape index (κ2) is 13.4. The van der Waals surface area contributed by atoms with Crippen molar-refractivity contribution in [2.45, 2.75) is 33.0 Å². The molecular formula is C19H34IN5O4S. The molecule has 2 N–H and O–H groups in total. The Kier molecular flexibility index (Phi) is 12.1. The van der Waals surface area contributed by atoms with Crippen molar-refractivity contribution in [2.24, 2.45) is 4.99 Å². The fraction of sp³-hybridized carbons (Fsp3) is 0.684. The number of nitrogens with one attached hydrogen (secondary N) is 1. The zero-order valence-electron chi connectivity index (χ0n) is 17.9. The molecule has 2 heterocycles. The minimum absolute atomic E-state index is 0. The lowest BCUT2D eigenvalue weighted by molar-refractivity contribution is 0.0904. The van der Waals surface area contributed by atoms with Crippen molar-refractivity contribution in [2.75, 3.05) is 51.6 Å². The number of pyridine rings is 1. The topological polar surface area (TPSA) is 107 Å². The number of aliphatic hydroxyl groups excluding tert-OH is 1. The third-order valence-corrected chi connectivity index (χ3v) is 6.40. The number of rotatable bonds is 9. The van der Waals surface area contributed by atoms with Gasteiger partial charge in [-0.05, 0) is 38.5 Å². The average Bonchev–Trinajstić information content (AvgIpc) is 2.71. The zero-order valence-corrected chi connectivity index (χ0v) is 21.0. The van der Waals surface area contributed by atoms with Gasteiger partial charge in [0.05, 0.1) is 31.1 Å². The highest BCUT2D eigenvalue weighted by molar-refractivity contribution is 14.0. The molecule has 0 spiro atoms. The Bertz CT molecular complexity index is 741. The molecule has 172 valence electrons. The average molecular weight is 555 g/mol. The van der Waals surface area contributed by atoms with Crippen LogP contribution in [0.5, 0.6) is 0 Å². The number of aliphatic imine (C=N–C) groups is 1. The van der Waals surface area contributed by atoms with E-state index in [0.29, 0.717) is 38.7 Å². The molecule has 0 saturated carbocycles. The number of nitrogens with zero attached hydrogens (tertiary/aromatic N) is 4. The first-order valence-electron chi connectivity index (χ1n) is 10.0. The molecule has 11 heteroatoms. The van der Waals surface area contributed by atoms with Crippen molar-refractivity contribution in [1.82, 2.24) is 19.5 Å². The van der Waals surface area contributed by atoms with Crippen LogP contribution in [0.1, 0.15) is 32.4 Å².